The standard InChI is InChI=1S/C15H24N2O/c1-4-5-6-7-8-17-15(18)13-10-14(16)12(3)9-11(13)2/h9-10H,4-8,16H2,1-3H3,(H,17,18). The lowest BCUT2D eigenvalue weighted by molar-refractivity contribution is 0.0952. The fourth-order valence-electron chi connectivity index (χ4n) is 1.96. The Balaban J connectivity index is 2.54. The Morgan fingerprint density at radius 1 is 1.17 bits per heavy atom. The molecule has 18 heavy (non-hydrogen) atoms. The zero-order chi connectivity index (χ0) is 13.5. The lowest BCUT2D eigenvalue weighted by Gasteiger charge is -2.10. The summed E-state index contributed by atoms with van der Waals surface area (Å²) in [6.07, 6.45) is 4.65. The van der Waals surface area contributed by atoms with Crippen LogP contribution in [0.5, 0.6) is 0 Å². The molecule has 0 aliphatic heterocycles. The van der Waals surface area contributed by atoms with Crippen molar-refractivity contribution in [2.75, 3.05) is 12.3 Å². The van der Waals surface area contributed by atoms with Crippen LogP contribution in [0.15, 0.2) is 12.1 Å². The minimum absolute atomic E-state index is 0.0179. The van der Waals surface area contributed by atoms with Gasteiger partial charge < -0.3 is 11.1 Å². The Labute approximate surface area is 110 Å². The van der Waals surface area contributed by atoms with Crippen LogP contribution in [0, 0.1) is 13.8 Å². The van der Waals surface area contributed by atoms with Crippen LogP contribution in [0.1, 0.15) is 54.1 Å². The van der Waals surface area contributed by atoms with Gasteiger partial charge in [0, 0.05) is 17.8 Å². The molecule has 1 rings (SSSR count). The molecule has 0 aliphatic carbocycles. The summed E-state index contributed by atoms with van der Waals surface area (Å²) in [7, 11) is 0. The molecule has 0 bridgehead atoms. The maximum absolute atomic E-state index is 12.0. The Morgan fingerprint density at radius 3 is 2.56 bits per heavy atom. The van der Waals surface area contributed by atoms with Crippen molar-refractivity contribution >= 4 is 11.6 Å². The third-order valence-corrected chi connectivity index (χ3v) is 3.17. The average Bonchev–Trinajstić information content (AvgIpc) is 2.33. The van der Waals surface area contributed by atoms with E-state index < -0.39 is 0 Å². The van der Waals surface area contributed by atoms with Crippen LogP contribution in [0.4, 0.5) is 5.69 Å². The minimum atomic E-state index is -0.0179. The number of anilines is 1. The molecule has 3 nitrogen and oxygen atoms in total. The van der Waals surface area contributed by atoms with E-state index in [1.165, 1.54) is 19.3 Å². The van der Waals surface area contributed by atoms with E-state index >= 15 is 0 Å². The zero-order valence-electron chi connectivity index (χ0n) is 11.7. The van der Waals surface area contributed by atoms with E-state index in [9.17, 15) is 4.79 Å². The third-order valence-electron chi connectivity index (χ3n) is 3.17. The second kappa shape index (κ2) is 7.04. The highest BCUT2D eigenvalue weighted by Crippen LogP contribution is 2.17. The first-order valence-electron chi connectivity index (χ1n) is 6.71. The summed E-state index contributed by atoms with van der Waals surface area (Å²) in [5.41, 5.74) is 9.21. The van der Waals surface area contributed by atoms with Crippen LogP contribution in [0.3, 0.4) is 0 Å². The number of nitrogen functional groups attached to an aromatic ring is 1. The summed E-state index contributed by atoms with van der Waals surface area (Å²) in [4.78, 5) is 12.0. The molecule has 0 spiro atoms. The van der Waals surface area contributed by atoms with E-state index in [1.54, 1.807) is 6.07 Å². The number of benzene rings is 1. The lowest BCUT2D eigenvalue weighted by atomic mass is 10.0. The van der Waals surface area contributed by atoms with Crippen molar-refractivity contribution < 1.29 is 4.79 Å². The Bertz CT molecular complexity index is 413. The Morgan fingerprint density at radius 2 is 1.89 bits per heavy atom. The number of rotatable bonds is 6. The second-order valence-electron chi connectivity index (χ2n) is 4.84. The van der Waals surface area contributed by atoms with Gasteiger partial charge in [0.25, 0.3) is 5.91 Å². The molecule has 3 heteroatoms. The van der Waals surface area contributed by atoms with Crippen LogP contribution in [0.25, 0.3) is 0 Å². The number of aryl methyl sites for hydroxylation is 2. The molecule has 1 amide bonds. The average molecular weight is 248 g/mol. The van der Waals surface area contributed by atoms with Gasteiger partial charge in [0.2, 0.25) is 0 Å². The molecular weight excluding hydrogens is 224 g/mol. The van der Waals surface area contributed by atoms with Crippen molar-refractivity contribution in [3.63, 3.8) is 0 Å². The predicted octanol–water partition coefficient (Wildman–Crippen LogP) is 3.20. The largest absolute Gasteiger partial charge is 0.398 e. The van der Waals surface area contributed by atoms with Crippen molar-refractivity contribution in [1.82, 2.24) is 5.32 Å². The van der Waals surface area contributed by atoms with Gasteiger partial charge in [-0.25, -0.2) is 0 Å². The molecular formula is C15H24N2O. The molecule has 3 N–H and O–H groups in total. The number of hydrogen-bond acceptors (Lipinski definition) is 2. The number of nitrogens with two attached hydrogens (primary N) is 1. The summed E-state index contributed by atoms with van der Waals surface area (Å²) >= 11 is 0. The fraction of sp³-hybridized carbons (Fsp3) is 0.533. The third kappa shape index (κ3) is 4.06. The molecule has 0 saturated heterocycles. The summed E-state index contributed by atoms with van der Waals surface area (Å²) in [6.45, 7) is 6.82. The first-order valence-corrected chi connectivity index (χ1v) is 6.71. The van der Waals surface area contributed by atoms with Gasteiger partial charge in [-0.2, -0.15) is 0 Å². The number of hydrogen-bond donors (Lipinski definition) is 2. The number of nitrogens with one attached hydrogen (secondary N) is 1. The zero-order valence-corrected chi connectivity index (χ0v) is 11.7. The van der Waals surface area contributed by atoms with E-state index in [4.69, 9.17) is 5.73 Å². The highest BCUT2D eigenvalue weighted by molar-refractivity contribution is 5.96. The maximum atomic E-state index is 12.0. The number of amides is 1. The molecule has 0 atom stereocenters. The van der Waals surface area contributed by atoms with Crippen molar-refractivity contribution in [3.05, 3.63) is 28.8 Å². The predicted molar refractivity (Wildman–Crippen MR) is 76.8 cm³/mol. The molecule has 0 aliphatic rings. The van der Waals surface area contributed by atoms with E-state index in [0.29, 0.717) is 11.3 Å². The van der Waals surface area contributed by atoms with Gasteiger partial charge in [-0.3, -0.25) is 4.79 Å². The lowest BCUT2D eigenvalue weighted by Crippen LogP contribution is -2.25. The Hall–Kier alpha value is -1.51. The van der Waals surface area contributed by atoms with Gasteiger partial charge in [-0.05, 0) is 37.5 Å². The van der Waals surface area contributed by atoms with Crippen LogP contribution >= 0.6 is 0 Å². The quantitative estimate of drug-likeness (QED) is 0.600. The van der Waals surface area contributed by atoms with Gasteiger partial charge in [-0.1, -0.05) is 32.3 Å². The number of unbranched alkanes of at least 4 members (excludes halogenated alkanes) is 3. The molecule has 1 aromatic rings. The molecule has 100 valence electrons. The van der Waals surface area contributed by atoms with E-state index in [1.807, 2.05) is 19.9 Å². The van der Waals surface area contributed by atoms with Gasteiger partial charge in [0.05, 0.1) is 0 Å². The maximum Gasteiger partial charge on any atom is 0.251 e. The molecule has 0 heterocycles. The first kappa shape index (κ1) is 14.6. The second-order valence-corrected chi connectivity index (χ2v) is 4.84. The van der Waals surface area contributed by atoms with Gasteiger partial charge in [0.15, 0.2) is 0 Å². The highest BCUT2D eigenvalue weighted by atomic mass is 16.1. The smallest absolute Gasteiger partial charge is 0.251 e. The SMILES string of the molecule is CCCCCCNC(=O)c1cc(N)c(C)cc1C. The first-order chi connectivity index (χ1) is 8.56. The number of carbonyl (C=O) groups is 1. The van der Waals surface area contributed by atoms with Crippen LogP contribution in [-0.4, -0.2) is 12.5 Å². The van der Waals surface area contributed by atoms with Crippen molar-refractivity contribution in [2.24, 2.45) is 0 Å². The molecule has 0 saturated carbocycles. The van der Waals surface area contributed by atoms with Crippen molar-refractivity contribution in [1.29, 1.82) is 0 Å². The summed E-state index contributed by atoms with van der Waals surface area (Å²) < 4.78 is 0. The van der Waals surface area contributed by atoms with E-state index in [0.717, 1.165) is 24.1 Å². The van der Waals surface area contributed by atoms with Crippen molar-refractivity contribution in [3.8, 4) is 0 Å². The van der Waals surface area contributed by atoms with Crippen LogP contribution in [0.2, 0.25) is 0 Å². The van der Waals surface area contributed by atoms with Crippen molar-refractivity contribution in [2.45, 2.75) is 46.5 Å². The number of carbonyl (C=O) groups excluding carboxylic acids is 1. The Kier molecular flexibility index (Phi) is 5.69. The fourth-order valence-corrected chi connectivity index (χ4v) is 1.96. The normalized spacial score (nSPS) is 10.4. The van der Waals surface area contributed by atoms with Gasteiger partial charge >= 0.3 is 0 Å². The summed E-state index contributed by atoms with van der Waals surface area (Å²) in [6, 6.07) is 3.73. The molecule has 0 fully saturated rings. The summed E-state index contributed by atoms with van der Waals surface area (Å²) in [5.74, 6) is -0.0179. The van der Waals surface area contributed by atoms with Crippen LogP contribution < -0.4 is 11.1 Å². The van der Waals surface area contributed by atoms with E-state index in [2.05, 4.69) is 12.2 Å². The van der Waals surface area contributed by atoms with Gasteiger partial charge in [0.1, 0.15) is 0 Å². The topological polar surface area (TPSA) is 55.1 Å². The highest BCUT2D eigenvalue weighted by Gasteiger charge is 2.10. The molecule has 0 radical (unpaired) electrons. The van der Waals surface area contributed by atoms with E-state index in [-0.39, 0.29) is 5.91 Å². The minimum Gasteiger partial charge on any atom is -0.398 e. The summed E-state index contributed by atoms with van der Waals surface area (Å²) in [5, 5.41) is 2.95. The molecule has 0 unspecified atom stereocenters. The van der Waals surface area contributed by atoms with Crippen LogP contribution in [-0.2, 0) is 0 Å². The monoisotopic (exact) mass is 248 g/mol. The molecule has 0 aromatic heterocycles. The molecule has 1 aromatic carbocycles. The van der Waals surface area contributed by atoms with Gasteiger partial charge in [-0.15, -0.1) is 0 Å².